The molecule has 4 N–H and O–H groups in total. The molecular weight excluding hydrogens is 280 g/mol. The molecule has 19 heavy (non-hydrogen) atoms. The van der Waals surface area contributed by atoms with Crippen LogP contribution in [0.1, 0.15) is 30.1 Å². The van der Waals surface area contributed by atoms with Crippen LogP contribution in [0.4, 0.5) is 0 Å². The monoisotopic (exact) mass is 300 g/mol. The summed E-state index contributed by atoms with van der Waals surface area (Å²) in [6.07, 6.45) is 1.32. The number of Topliss-reactive ketones (excluding diaryl/α,β-unsaturated/α-hetero) is 1. The van der Waals surface area contributed by atoms with Gasteiger partial charge in [-0.1, -0.05) is 18.9 Å². The molecule has 0 fully saturated rings. The number of hydrogen-bond donors (Lipinski definition) is 2. The van der Waals surface area contributed by atoms with Crippen LogP contribution in [0.5, 0.6) is 0 Å². The summed E-state index contributed by atoms with van der Waals surface area (Å²) in [4.78, 5) is 11.7. The molecule has 2 rings (SSSR count). The van der Waals surface area contributed by atoms with Crippen molar-refractivity contribution in [2.75, 3.05) is 0 Å². The van der Waals surface area contributed by atoms with E-state index in [0.29, 0.717) is 12.0 Å². The van der Waals surface area contributed by atoms with Crippen LogP contribution in [0.25, 0.3) is 0 Å². The third-order valence-electron chi connectivity index (χ3n) is 2.57. The van der Waals surface area contributed by atoms with Crippen LogP contribution < -0.4 is 11.5 Å². The van der Waals surface area contributed by atoms with E-state index < -0.39 is 5.66 Å². The molecule has 0 aromatic heterocycles. The minimum absolute atomic E-state index is 0. The Hall–Kier alpha value is -1.19. The van der Waals surface area contributed by atoms with Gasteiger partial charge in [0.1, 0.15) is 11.4 Å². The number of carbonyl (C=O) groups is 1. The van der Waals surface area contributed by atoms with Crippen molar-refractivity contribution in [3.63, 3.8) is 0 Å². The molecule has 2 aromatic carbocycles. The van der Waals surface area contributed by atoms with Crippen LogP contribution in [0.15, 0.2) is 54.6 Å². The van der Waals surface area contributed by atoms with Gasteiger partial charge in [0.05, 0.1) is 0 Å². The first-order valence-electron chi connectivity index (χ1n) is 6.09. The van der Waals surface area contributed by atoms with Gasteiger partial charge in [0.25, 0.3) is 0 Å². The minimum atomic E-state index is -1.21. The van der Waals surface area contributed by atoms with E-state index in [4.69, 9.17) is 11.5 Å². The van der Waals surface area contributed by atoms with Gasteiger partial charge in [-0.25, -0.2) is 24.3 Å². The van der Waals surface area contributed by atoms with Crippen LogP contribution in [-0.4, -0.2) is 11.4 Å². The number of hydrogen-bond acceptors (Lipinski definition) is 3. The molecule has 0 saturated heterocycles. The van der Waals surface area contributed by atoms with Crippen molar-refractivity contribution in [3.05, 3.63) is 60.2 Å². The van der Waals surface area contributed by atoms with E-state index in [2.05, 4.69) is 0 Å². The molecule has 0 saturated carbocycles. The normalized spacial score (nSPS) is 10.1. The third-order valence-corrected chi connectivity index (χ3v) is 2.57. The Kier molecular flexibility index (Phi) is 8.28. The van der Waals surface area contributed by atoms with Gasteiger partial charge in [0.2, 0.25) is 0 Å². The average Bonchev–Trinajstić information content (AvgIpc) is 3.04. The molecule has 0 unspecified atom stereocenters. The number of ketones is 1. The largest absolute Gasteiger partial charge is 2.00 e. The van der Waals surface area contributed by atoms with Gasteiger partial charge in [0, 0.05) is 0 Å². The molecular formula is C15H20FeN2O. The summed E-state index contributed by atoms with van der Waals surface area (Å²) in [7, 11) is 0. The zero-order chi connectivity index (χ0) is 13.4. The third kappa shape index (κ3) is 5.99. The Bertz CT molecular complexity index is 415. The summed E-state index contributed by atoms with van der Waals surface area (Å²) in [5, 5.41) is 0. The summed E-state index contributed by atoms with van der Waals surface area (Å²) >= 11 is 0. The van der Waals surface area contributed by atoms with Crippen molar-refractivity contribution in [1.82, 2.24) is 0 Å². The Balaban J connectivity index is 0.000000454. The summed E-state index contributed by atoms with van der Waals surface area (Å²) in [5.41, 5.74) is 10.8. The Morgan fingerprint density at radius 2 is 1.68 bits per heavy atom. The van der Waals surface area contributed by atoms with Crippen molar-refractivity contribution in [1.29, 1.82) is 0 Å². The van der Waals surface area contributed by atoms with Crippen LogP contribution in [-0.2, 0) is 17.1 Å². The van der Waals surface area contributed by atoms with Gasteiger partial charge in [-0.3, -0.25) is 0 Å². The van der Waals surface area contributed by atoms with Crippen LogP contribution >= 0.6 is 0 Å². The van der Waals surface area contributed by atoms with Crippen molar-refractivity contribution in [2.45, 2.75) is 25.4 Å². The summed E-state index contributed by atoms with van der Waals surface area (Å²) in [6.45, 7) is 1.95. The molecule has 0 radical (unpaired) electrons. The van der Waals surface area contributed by atoms with E-state index in [9.17, 15) is 4.79 Å². The van der Waals surface area contributed by atoms with Gasteiger partial charge >= 0.3 is 17.1 Å². The van der Waals surface area contributed by atoms with Crippen molar-refractivity contribution >= 4 is 5.78 Å². The van der Waals surface area contributed by atoms with Crippen molar-refractivity contribution < 1.29 is 21.9 Å². The molecule has 0 spiro atoms. The second kappa shape index (κ2) is 8.83. The van der Waals surface area contributed by atoms with E-state index in [0.717, 1.165) is 6.42 Å². The predicted octanol–water partition coefficient (Wildman–Crippen LogP) is 2.41. The zero-order valence-electron chi connectivity index (χ0n) is 11.0. The SMILES string of the molecule is CCCC(N)(N)C(=O)[c-]1cccc1.[Fe+2].c1cc[cH-]c1. The van der Waals surface area contributed by atoms with Gasteiger partial charge in [-0.2, -0.15) is 30.3 Å². The Morgan fingerprint density at radius 3 is 2.05 bits per heavy atom. The second-order valence-corrected chi connectivity index (χ2v) is 4.26. The van der Waals surface area contributed by atoms with Crippen LogP contribution in [0.2, 0.25) is 0 Å². The molecule has 0 bridgehead atoms. The summed E-state index contributed by atoms with van der Waals surface area (Å²) < 4.78 is 0. The fraction of sp³-hybridized carbons (Fsp3) is 0.267. The van der Waals surface area contributed by atoms with Crippen molar-refractivity contribution in [3.8, 4) is 0 Å². The van der Waals surface area contributed by atoms with E-state index in [1.54, 1.807) is 24.3 Å². The summed E-state index contributed by atoms with van der Waals surface area (Å²) in [6, 6.07) is 17.1. The zero-order valence-corrected chi connectivity index (χ0v) is 12.1. The van der Waals surface area contributed by atoms with E-state index in [1.165, 1.54) is 0 Å². The fourth-order valence-electron chi connectivity index (χ4n) is 1.64. The molecule has 0 aliphatic carbocycles. The van der Waals surface area contributed by atoms with E-state index >= 15 is 0 Å². The van der Waals surface area contributed by atoms with Gasteiger partial charge in [0.15, 0.2) is 0 Å². The Morgan fingerprint density at radius 1 is 1.16 bits per heavy atom. The fourth-order valence-corrected chi connectivity index (χ4v) is 1.64. The second-order valence-electron chi connectivity index (χ2n) is 4.26. The first-order valence-corrected chi connectivity index (χ1v) is 6.09. The maximum atomic E-state index is 11.7. The number of nitrogens with two attached hydrogens (primary N) is 2. The topological polar surface area (TPSA) is 69.1 Å². The standard InChI is InChI=1S/C10H15N2O.C5H5.Fe/c1-2-7-10(11,12)9(13)8-5-3-4-6-8;1-2-4-5-3-1;/h3-6H,2,7,11-12H2,1H3;1-5H;/q2*-1;+2. The van der Waals surface area contributed by atoms with Crippen LogP contribution in [0, 0.1) is 0 Å². The molecule has 0 aliphatic rings. The van der Waals surface area contributed by atoms with E-state index in [-0.39, 0.29) is 22.9 Å². The summed E-state index contributed by atoms with van der Waals surface area (Å²) in [5.74, 6) is -0.181. The van der Waals surface area contributed by atoms with Crippen LogP contribution in [0.3, 0.4) is 0 Å². The molecule has 2 aromatic rings. The smallest absolute Gasteiger partial charge is 0.308 e. The first-order chi connectivity index (χ1) is 8.58. The molecule has 104 valence electrons. The number of rotatable bonds is 4. The average molecular weight is 300 g/mol. The predicted molar refractivity (Wildman–Crippen MR) is 74.4 cm³/mol. The van der Waals surface area contributed by atoms with E-state index in [1.807, 2.05) is 37.3 Å². The maximum absolute atomic E-state index is 11.7. The van der Waals surface area contributed by atoms with Crippen molar-refractivity contribution in [2.24, 2.45) is 11.5 Å². The maximum Gasteiger partial charge on any atom is 2.00 e. The molecule has 0 aliphatic heterocycles. The van der Waals surface area contributed by atoms with Gasteiger partial charge in [-0.15, -0.1) is 0 Å². The molecule has 0 heterocycles. The molecule has 0 atom stereocenters. The quantitative estimate of drug-likeness (QED) is 0.394. The minimum Gasteiger partial charge on any atom is -0.308 e. The van der Waals surface area contributed by atoms with Gasteiger partial charge < -0.3 is 16.3 Å². The molecule has 4 heteroatoms. The molecule has 3 nitrogen and oxygen atoms in total. The van der Waals surface area contributed by atoms with Gasteiger partial charge in [-0.05, 0) is 6.42 Å². The first kappa shape index (κ1) is 17.8. The molecule has 0 amide bonds. The Labute approximate surface area is 125 Å². The number of carbonyl (C=O) groups excluding carboxylic acids is 1.